The number of hydrogen-bond acceptors (Lipinski definition) is 4. The number of hydrogen-bond donors (Lipinski definition) is 0. The van der Waals surface area contributed by atoms with Gasteiger partial charge in [-0.05, 0) is 12.1 Å². The van der Waals surface area contributed by atoms with Gasteiger partial charge in [-0.15, -0.1) is 11.3 Å². The third-order valence-corrected chi connectivity index (χ3v) is 4.51. The number of carbonyl (C=O) groups is 2. The summed E-state index contributed by atoms with van der Waals surface area (Å²) in [5.41, 5.74) is 0.864. The highest BCUT2D eigenvalue weighted by Gasteiger charge is 2.25. The van der Waals surface area contributed by atoms with Crippen molar-refractivity contribution >= 4 is 33.4 Å². The Hall–Kier alpha value is -1.95. The van der Waals surface area contributed by atoms with Gasteiger partial charge >= 0.3 is 0 Å². The van der Waals surface area contributed by atoms with E-state index in [1.165, 1.54) is 11.3 Å². The van der Waals surface area contributed by atoms with E-state index in [4.69, 9.17) is 0 Å². The Bertz CT molecular complexity index is 626. The van der Waals surface area contributed by atoms with Crippen LogP contribution < -0.4 is 0 Å². The van der Waals surface area contributed by atoms with Gasteiger partial charge in [0, 0.05) is 33.1 Å². The molecule has 0 saturated carbocycles. The van der Waals surface area contributed by atoms with Gasteiger partial charge in [0.2, 0.25) is 5.91 Å². The van der Waals surface area contributed by atoms with Gasteiger partial charge in [0.15, 0.2) is 5.01 Å². The van der Waals surface area contributed by atoms with Crippen LogP contribution in [0.1, 0.15) is 16.7 Å². The summed E-state index contributed by atoms with van der Waals surface area (Å²) < 4.78 is 1.03. The summed E-state index contributed by atoms with van der Waals surface area (Å²) in [6.45, 7) is 3.92. The van der Waals surface area contributed by atoms with Crippen molar-refractivity contribution < 1.29 is 9.59 Å². The molecule has 1 aliphatic heterocycles. The minimum Gasteiger partial charge on any atom is -0.339 e. The van der Waals surface area contributed by atoms with Gasteiger partial charge in [0.25, 0.3) is 5.91 Å². The molecule has 2 amide bonds. The predicted molar refractivity (Wildman–Crippen MR) is 77.8 cm³/mol. The van der Waals surface area contributed by atoms with Crippen molar-refractivity contribution in [3.8, 4) is 0 Å². The van der Waals surface area contributed by atoms with Crippen LogP contribution in [0.4, 0.5) is 0 Å². The molecule has 0 radical (unpaired) electrons. The van der Waals surface area contributed by atoms with Gasteiger partial charge in [0.1, 0.15) is 0 Å². The molecule has 1 aliphatic rings. The zero-order chi connectivity index (χ0) is 14.1. The first-order chi connectivity index (χ1) is 9.65. The number of nitrogens with zero attached hydrogens (tertiary/aromatic N) is 3. The first-order valence-electron chi connectivity index (χ1n) is 6.55. The number of fused-ring (bicyclic) bond motifs is 1. The second kappa shape index (κ2) is 5.20. The van der Waals surface area contributed by atoms with E-state index < -0.39 is 0 Å². The SMILES string of the molecule is CC(=O)N1CCN(C(=O)c2nc3ccccc3s2)CC1. The van der Waals surface area contributed by atoms with Crippen molar-refractivity contribution in [3.63, 3.8) is 0 Å². The molecule has 0 spiro atoms. The van der Waals surface area contributed by atoms with Gasteiger partial charge in [-0.2, -0.15) is 0 Å². The molecule has 0 aliphatic carbocycles. The summed E-state index contributed by atoms with van der Waals surface area (Å²) in [5.74, 6) is 0.0338. The average Bonchev–Trinajstić information content (AvgIpc) is 2.90. The van der Waals surface area contributed by atoms with Crippen LogP contribution in [0, 0.1) is 0 Å². The maximum atomic E-state index is 12.4. The summed E-state index contributed by atoms with van der Waals surface area (Å²) in [5, 5.41) is 0.530. The predicted octanol–water partition coefficient (Wildman–Crippen LogP) is 1.60. The molecule has 0 atom stereocenters. The molecule has 0 unspecified atom stereocenters. The maximum Gasteiger partial charge on any atom is 0.282 e. The zero-order valence-electron chi connectivity index (χ0n) is 11.2. The van der Waals surface area contributed by atoms with Gasteiger partial charge in [-0.25, -0.2) is 4.98 Å². The van der Waals surface area contributed by atoms with E-state index in [9.17, 15) is 9.59 Å². The van der Waals surface area contributed by atoms with Crippen LogP contribution in [0.5, 0.6) is 0 Å². The van der Waals surface area contributed by atoms with Gasteiger partial charge in [-0.3, -0.25) is 9.59 Å². The van der Waals surface area contributed by atoms with Crippen molar-refractivity contribution in [1.82, 2.24) is 14.8 Å². The van der Waals surface area contributed by atoms with Crippen molar-refractivity contribution in [2.24, 2.45) is 0 Å². The number of thiazole rings is 1. The van der Waals surface area contributed by atoms with E-state index >= 15 is 0 Å². The van der Waals surface area contributed by atoms with Crippen LogP contribution >= 0.6 is 11.3 Å². The lowest BCUT2D eigenvalue weighted by Gasteiger charge is -2.33. The minimum absolute atomic E-state index is 0.0330. The lowest BCUT2D eigenvalue weighted by Crippen LogP contribution is -2.50. The Morgan fingerprint density at radius 2 is 1.75 bits per heavy atom. The Kier molecular flexibility index (Phi) is 3.40. The van der Waals surface area contributed by atoms with E-state index in [1.807, 2.05) is 24.3 Å². The normalized spacial score (nSPS) is 15.7. The molecule has 1 aromatic carbocycles. The van der Waals surface area contributed by atoms with Crippen LogP contribution in [-0.2, 0) is 4.79 Å². The quantitative estimate of drug-likeness (QED) is 0.801. The highest BCUT2D eigenvalue weighted by Crippen LogP contribution is 2.23. The smallest absolute Gasteiger partial charge is 0.282 e. The Labute approximate surface area is 120 Å². The van der Waals surface area contributed by atoms with Gasteiger partial charge in [-0.1, -0.05) is 12.1 Å². The van der Waals surface area contributed by atoms with Gasteiger partial charge < -0.3 is 9.80 Å². The number of carbonyl (C=O) groups excluding carboxylic acids is 2. The molecule has 1 fully saturated rings. The van der Waals surface area contributed by atoms with Crippen molar-refractivity contribution in [1.29, 1.82) is 0 Å². The monoisotopic (exact) mass is 289 g/mol. The molecule has 104 valence electrons. The third kappa shape index (κ3) is 2.38. The maximum absolute atomic E-state index is 12.4. The summed E-state index contributed by atoms with van der Waals surface area (Å²) in [7, 11) is 0. The average molecular weight is 289 g/mol. The summed E-state index contributed by atoms with van der Waals surface area (Å²) >= 11 is 1.42. The molecule has 0 bridgehead atoms. The Morgan fingerprint density at radius 1 is 1.10 bits per heavy atom. The lowest BCUT2D eigenvalue weighted by atomic mass is 10.3. The fourth-order valence-electron chi connectivity index (χ4n) is 2.32. The highest BCUT2D eigenvalue weighted by atomic mass is 32.1. The van der Waals surface area contributed by atoms with E-state index in [1.54, 1.807) is 16.7 Å². The van der Waals surface area contributed by atoms with Crippen LogP contribution in [0.15, 0.2) is 24.3 Å². The number of benzene rings is 1. The van der Waals surface area contributed by atoms with Crippen LogP contribution in [-0.4, -0.2) is 52.8 Å². The molecule has 0 N–H and O–H groups in total. The molecule has 2 aromatic rings. The van der Waals surface area contributed by atoms with Crippen molar-refractivity contribution in [3.05, 3.63) is 29.3 Å². The van der Waals surface area contributed by atoms with E-state index in [-0.39, 0.29) is 11.8 Å². The fraction of sp³-hybridized carbons (Fsp3) is 0.357. The molecule has 2 heterocycles. The van der Waals surface area contributed by atoms with Gasteiger partial charge in [0.05, 0.1) is 10.2 Å². The zero-order valence-corrected chi connectivity index (χ0v) is 12.0. The molecule has 1 saturated heterocycles. The van der Waals surface area contributed by atoms with Crippen molar-refractivity contribution in [2.75, 3.05) is 26.2 Å². The molecule has 1 aromatic heterocycles. The lowest BCUT2D eigenvalue weighted by molar-refractivity contribution is -0.130. The van der Waals surface area contributed by atoms with Crippen LogP contribution in [0.3, 0.4) is 0 Å². The number of piperazine rings is 1. The third-order valence-electron chi connectivity index (χ3n) is 3.49. The molecule has 5 nitrogen and oxygen atoms in total. The summed E-state index contributed by atoms with van der Waals surface area (Å²) in [4.78, 5) is 31.6. The molecule has 6 heteroatoms. The minimum atomic E-state index is -0.0330. The number of para-hydroxylation sites is 1. The largest absolute Gasteiger partial charge is 0.339 e. The second-order valence-corrected chi connectivity index (χ2v) is 5.82. The van der Waals surface area contributed by atoms with Crippen LogP contribution in [0.2, 0.25) is 0 Å². The highest BCUT2D eigenvalue weighted by molar-refractivity contribution is 7.20. The van der Waals surface area contributed by atoms with E-state index in [2.05, 4.69) is 4.98 Å². The first kappa shape index (κ1) is 13.1. The molecular formula is C14H15N3O2S. The number of rotatable bonds is 1. The van der Waals surface area contributed by atoms with Crippen molar-refractivity contribution in [2.45, 2.75) is 6.92 Å². The topological polar surface area (TPSA) is 53.5 Å². The Morgan fingerprint density at radius 3 is 2.40 bits per heavy atom. The van der Waals surface area contributed by atoms with E-state index in [0.717, 1.165) is 10.2 Å². The number of amides is 2. The fourth-order valence-corrected chi connectivity index (χ4v) is 3.26. The summed E-state index contributed by atoms with van der Waals surface area (Å²) in [6, 6.07) is 7.75. The standard InChI is InChI=1S/C14H15N3O2S/c1-10(18)16-6-8-17(9-7-16)14(19)13-15-11-4-2-3-5-12(11)20-13/h2-5H,6-9H2,1H3. The second-order valence-electron chi connectivity index (χ2n) is 4.79. The molecular weight excluding hydrogens is 274 g/mol. The molecule has 20 heavy (non-hydrogen) atoms. The first-order valence-corrected chi connectivity index (χ1v) is 7.37. The molecule has 3 rings (SSSR count). The Balaban J connectivity index is 1.75. The number of aromatic nitrogens is 1. The van der Waals surface area contributed by atoms with E-state index in [0.29, 0.717) is 31.2 Å². The summed E-state index contributed by atoms with van der Waals surface area (Å²) in [6.07, 6.45) is 0. The van der Waals surface area contributed by atoms with Crippen LogP contribution in [0.25, 0.3) is 10.2 Å².